The van der Waals surface area contributed by atoms with Gasteiger partial charge in [0.05, 0.1) is 51.6 Å². The first kappa shape index (κ1) is 91.4. The lowest BCUT2D eigenvalue weighted by molar-refractivity contribution is -0.153. The molecule has 4 amide bonds. The summed E-state index contributed by atoms with van der Waals surface area (Å²) in [6.07, 6.45) is -3.51. The standard InChI is InChI=1S/C24H25FN2O4.C23H19ClF4N2O3.C22H20ClFN2O3.C22H21FN2O3/c1-16-12-17(14-18(25)13-16)21-15-20(22(28)24(30)27(21)2)23(29)26-10-6-7-11-31-19-8-4-3-5-9-19;1-12-7-14(10-16(25)8-12)18-11-17(20(31)22(33)30(18)2)21(32)29-19(23(26,27)28)9-13-3-5-15(24)6-4-13;1-13-9-15(11-16(24)10-13)19-12-17(20(27)22(29)26(19)2)21(28)25-8-7-14-5-3-4-6-18(14)23;1-13-4-6-15(7-5-13)12-24-21(27)18-11-19(25(3)22(28)20(18)26)16-8-14(2)9-17(23)10-16/h3-5,8-9,12-15,28H,6-7,10-11H2,1-2H3,(H,26,29);3-8,10-11,19,31H,9H2,1-2H3,(H,29,32);3-6,9-12,27H,7-8H2,1-2H3,(H,25,28);4-11,26H,12H2,1-3H3,(H,24,27). The van der Waals surface area contributed by atoms with Crippen LogP contribution >= 0.6 is 23.2 Å². The molecule has 21 nitrogen and oxygen atoms in total. The smallest absolute Gasteiger partial charge is 0.408 e. The monoisotopic (exact) mass is 1700 g/mol. The summed E-state index contributed by atoms with van der Waals surface area (Å²) in [6.45, 7) is 10.2. The van der Waals surface area contributed by atoms with Crippen molar-refractivity contribution >= 4 is 46.8 Å². The number of benzene rings is 8. The molecule has 630 valence electrons. The van der Waals surface area contributed by atoms with Crippen LogP contribution in [0.15, 0.2) is 219 Å². The van der Waals surface area contributed by atoms with Crippen LogP contribution in [0.3, 0.4) is 0 Å². The minimum Gasteiger partial charge on any atom is -0.502 e. The van der Waals surface area contributed by atoms with Crippen LogP contribution in [0.2, 0.25) is 10.0 Å². The van der Waals surface area contributed by atoms with E-state index < -0.39 is 116 Å². The largest absolute Gasteiger partial charge is 0.502 e. The van der Waals surface area contributed by atoms with Crippen LogP contribution in [-0.2, 0) is 47.6 Å². The van der Waals surface area contributed by atoms with Crippen molar-refractivity contribution in [2.45, 2.75) is 79.1 Å². The molecule has 121 heavy (non-hydrogen) atoms. The number of nitrogens with one attached hydrogen (secondary N) is 4. The number of halogens is 9. The van der Waals surface area contributed by atoms with Gasteiger partial charge in [-0.15, -0.1) is 0 Å². The predicted octanol–water partition coefficient (Wildman–Crippen LogP) is 15.8. The molecule has 4 aromatic heterocycles. The number of rotatable bonds is 22. The summed E-state index contributed by atoms with van der Waals surface area (Å²) in [7, 11) is 5.67. The van der Waals surface area contributed by atoms with Crippen LogP contribution in [-0.4, -0.2) is 94.2 Å². The number of unbranched alkanes of at least 4 members (excludes halogenated alkanes) is 1. The SMILES string of the molecule is Cc1cc(F)cc(-c2cc(C(=O)NC(Cc3ccc(Cl)cc3)C(F)(F)F)c(O)c(=O)n2C)c1.Cc1cc(F)cc(-c2cc(C(=O)NCCCCOc3ccccc3)c(O)c(=O)n2C)c1.Cc1cc(F)cc(-c2cc(C(=O)NCCc3ccccc3Cl)c(O)c(=O)n2C)c1.Cc1ccc(CNC(=O)c2cc(-c3cc(C)cc(F)c3)n(C)c(=O)c2O)cc1. The molecule has 1 unspecified atom stereocenters. The summed E-state index contributed by atoms with van der Waals surface area (Å²) in [5.41, 5.74) is 4.01. The van der Waals surface area contributed by atoms with Gasteiger partial charge in [-0.25, -0.2) is 17.6 Å². The topological polar surface area (TPSA) is 295 Å². The fourth-order valence-electron chi connectivity index (χ4n) is 12.7. The number of aryl methyl sites for hydroxylation is 5. The Kier molecular flexibility index (Phi) is 30.8. The van der Waals surface area contributed by atoms with Gasteiger partial charge in [-0.2, -0.15) is 13.2 Å². The summed E-state index contributed by atoms with van der Waals surface area (Å²) in [5, 5.41) is 51.7. The van der Waals surface area contributed by atoms with E-state index in [-0.39, 0.29) is 46.6 Å². The number of carbonyl (C=O) groups excluding carboxylic acids is 4. The molecule has 12 rings (SSSR count). The van der Waals surface area contributed by atoms with Gasteiger partial charge in [0.2, 0.25) is 0 Å². The Balaban J connectivity index is 0.000000184. The Morgan fingerprint density at radius 3 is 1.15 bits per heavy atom. The average Bonchev–Trinajstić information content (AvgIpc) is 0.799. The molecule has 0 saturated heterocycles. The average molecular weight is 1700 g/mol. The first-order valence-electron chi connectivity index (χ1n) is 37.5. The zero-order valence-electron chi connectivity index (χ0n) is 66.9. The Labute approximate surface area is 700 Å². The number of para-hydroxylation sites is 1. The van der Waals surface area contributed by atoms with Crippen molar-refractivity contribution in [3.63, 3.8) is 0 Å². The van der Waals surface area contributed by atoms with Crippen LogP contribution in [0, 0.1) is 57.9 Å². The van der Waals surface area contributed by atoms with Crippen molar-refractivity contribution in [2.75, 3.05) is 19.7 Å². The summed E-state index contributed by atoms with van der Waals surface area (Å²) < 4.78 is 106. The molecule has 8 N–H and O–H groups in total. The lowest BCUT2D eigenvalue weighted by atomic mass is 10.0. The first-order valence-corrected chi connectivity index (χ1v) is 38.3. The lowest BCUT2D eigenvalue weighted by Crippen LogP contribution is -2.47. The molecule has 0 aliphatic carbocycles. The number of alkyl halides is 3. The molecule has 0 radical (unpaired) electrons. The molecule has 0 fully saturated rings. The maximum absolute atomic E-state index is 13.9. The van der Waals surface area contributed by atoms with E-state index in [0.29, 0.717) is 92.1 Å². The fourth-order valence-corrected chi connectivity index (χ4v) is 13.1. The molecule has 12 aromatic rings. The molecule has 1 atom stereocenters. The quantitative estimate of drug-likeness (QED) is 0.0232. The Bertz CT molecular complexity index is 6020. The van der Waals surface area contributed by atoms with Crippen molar-refractivity contribution in [3.8, 4) is 73.8 Å². The maximum atomic E-state index is 13.9. The predicted molar refractivity (Wildman–Crippen MR) is 450 cm³/mol. The van der Waals surface area contributed by atoms with Crippen molar-refractivity contribution in [2.24, 2.45) is 28.2 Å². The number of hydrogen-bond donors (Lipinski definition) is 8. The minimum atomic E-state index is -4.81. The van der Waals surface area contributed by atoms with Gasteiger partial charge >= 0.3 is 6.18 Å². The minimum absolute atomic E-state index is 0.0480. The van der Waals surface area contributed by atoms with Crippen molar-refractivity contribution in [1.82, 2.24) is 39.5 Å². The summed E-state index contributed by atoms with van der Waals surface area (Å²) >= 11 is 11.9. The number of hydrogen-bond acceptors (Lipinski definition) is 13. The zero-order valence-corrected chi connectivity index (χ0v) is 68.5. The van der Waals surface area contributed by atoms with E-state index in [9.17, 15) is 89.5 Å². The second-order valence-electron chi connectivity index (χ2n) is 28.5. The van der Waals surface area contributed by atoms with E-state index in [0.717, 1.165) is 45.6 Å². The van der Waals surface area contributed by atoms with Gasteiger partial charge in [0.15, 0.2) is 23.0 Å². The maximum Gasteiger partial charge on any atom is 0.408 e. The van der Waals surface area contributed by atoms with Crippen LogP contribution in [0.25, 0.3) is 45.0 Å². The highest BCUT2D eigenvalue weighted by Gasteiger charge is 2.41. The van der Waals surface area contributed by atoms with E-state index in [1.54, 1.807) is 52.0 Å². The second-order valence-corrected chi connectivity index (χ2v) is 29.3. The van der Waals surface area contributed by atoms with E-state index >= 15 is 0 Å². The van der Waals surface area contributed by atoms with Crippen LogP contribution in [0.5, 0.6) is 28.7 Å². The molecule has 0 aliphatic rings. The van der Waals surface area contributed by atoms with Crippen molar-refractivity contribution in [3.05, 3.63) is 342 Å². The summed E-state index contributed by atoms with van der Waals surface area (Å²) in [5.74, 6) is -7.13. The normalized spacial score (nSPS) is 11.2. The fraction of sp³-hybridized carbons (Fsp3) is 0.209. The highest BCUT2D eigenvalue weighted by Crippen LogP contribution is 2.32. The Morgan fingerprint density at radius 1 is 0.413 bits per heavy atom. The third-order valence-electron chi connectivity index (χ3n) is 19.1. The van der Waals surface area contributed by atoms with Gasteiger partial charge < -0.3 is 64.7 Å². The molecule has 4 heterocycles. The molecule has 0 spiro atoms. The van der Waals surface area contributed by atoms with Gasteiger partial charge in [-0.05, 0) is 220 Å². The van der Waals surface area contributed by atoms with Gasteiger partial charge in [0.25, 0.3) is 45.9 Å². The molecule has 30 heteroatoms. The number of nitrogens with zero attached hydrogens (tertiary/aromatic N) is 4. The van der Waals surface area contributed by atoms with Crippen LogP contribution in [0.1, 0.15) is 98.8 Å². The van der Waals surface area contributed by atoms with Gasteiger partial charge in [-0.1, -0.05) is 102 Å². The number of aromatic nitrogens is 4. The van der Waals surface area contributed by atoms with Gasteiger partial charge in [0, 0.05) is 86.5 Å². The molecular weight excluding hydrogens is 1620 g/mol. The molecule has 8 aromatic carbocycles. The van der Waals surface area contributed by atoms with Gasteiger partial charge in [0.1, 0.15) is 35.1 Å². The Morgan fingerprint density at radius 2 is 0.769 bits per heavy atom. The van der Waals surface area contributed by atoms with Crippen LogP contribution < -0.4 is 48.2 Å². The number of ether oxygens (including phenoxy) is 1. The lowest BCUT2D eigenvalue weighted by Gasteiger charge is -2.22. The van der Waals surface area contributed by atoms with Crippen molar-refractivity contribution in [1.29, 1.82) is 0 Å². The van der Waals surface area contributed by atoms with E-state index in [1.807, 2.05) is 85.0 Å². The van der Waals surface area contributed by atoms with E-state index in [1.165, 1.54) is 133 Å². The molecule has 0 bridgehead atoms. The molecule has 0 saturated carbocycles. The Hall–Kier alpha value is -13.5. The first-order chi connectivity index (χ1) is 57.3. The number of carbonyl (C=O) groups is 4. The zero-order chi connectivity index (χ0) is 88.4. The third-order valence-corrected chi connectivity index (χ3v) is 19.7. The number of pyridine rings is 4. The summed E-state index contributed by atoms with van der Waals surface area (Å²) in [6, 6.07) is 49.9. The van der Waals surface area contributed by atoms with Gasteiger partial charge in [-0.3, -0.25) is 38.4 Å². The van der Waals surface area contributed by atoms with Crippen molar-refractivity contribution < 1.29 is 75.1 Å². The number of aromatic hydroxyl groups is 4. The molecule has 0 aliphatic heterocycles. The van der Waals surface area contributed by atoms with E-state index in [2.05, 4.69) is 16.0 Å². The molecular formula is C91H85Cl2F7N8O13. The third kappa shape index (κ3) is 24.2. The highest BCUT2D eigenvalue weighted by atomic mass is 35.5. The second kappa shape index (κ2) is 40.8. The highest BCUT2D eigenvalue weighted by molar-refractivity contribution is 6.31. The van der Waals surface area contributed by atoms with E-state index in [4.69, 9.17) is 27.9 Å². The number of amides is 4. The summed E-state index contributed by atoms with van der Waals surface area (Å²) in [4.78, 5) is 100. The van der Waals surface area contributed by atoms with Crippen LogP contribution in [0.4, 0.5) is 30.7 Å².